The predicted molar refractivity (Wildman–Crippen MR) is 55.4 cm³/mol. The summed E-state index contributed by atoms with van der Waals surface area (Å²) in [4.78, 5) is 0. The molecule has 0 aliphatic carbocycles. The van der Waals surface area contributed by atoms with Gasteiger partial charge in [-0.3, -0.25) is 4.68 Å². The molecular weight excluding hydrogens is 266 g/mol. The Morgan fingerprint density at radius 3 is 2.80 bits per heavy atom. The number of rotatable bonds is 2. The monoisotopic (exact) mass is 272 g/mol. The molecule has 1 aromatic carbocycles. The van der Waals surface area contributed by atoms with Gasteiger partial charge in [0, 0.05) is 11.8 Å². The van der Waals surface area contributed by atoms with Gasteiger partial charge in [-0.2, -0.15) is 5.10 Å². The Bertz CT molecular complexity index is 482. The Morgan fingerprint density at radius 1 is 1.33 bits per heavy atom. The van der Waals surface area contributed by atoms with Gasteiger partial charge in [0.05, 0.1) is 17.2 Å². The second-order valence-electron chi connectivity index (χ2n) is 3.07. The third-order valence-electron chi connectivity index (χ3n) is 1.97. The van der Waals surface area contributed by atoms with E-state index in [1.54, 1.807) is 12.4 Å². The molecule has 0 fully saturated rings. The van der Waals surface area contributed by atoms with Crippen molar-refractivity contribution in [1.82, 2.24) is 9.78 Å². The van der Waals surface area contributed by atoms with Crippen molar-refractivity contribution >= 4 is 15.9 Å². The molecule has 2 rings (SSSR count). The van der Waals surface area contributed by atoms with Crippen molar-refractivity contribution in [3.63, 3.8) is 0 Å². The topological polar surface area (TPSA) is 17.8 Å². The largest absolute Gasteiger partial charge is 0.267 e. The smallest absolute Gasteiger partial charge is 0.163 e. The lowest BCUT2D eigenvalue weighted by Crippen LogP contribution is -2.03. The summed E-state index contributed by atoms with van der Waals surface area (Å²) >= 11 is 3.23. The maximum atomic E-state index is 13.3. The van der Waals surface area contributed by atoms with Gasteiger partial charge in [-0.05, 0) is 22.0 Å². The molecular formula is C10H7BrF2N2. The summed E-state index contributed by atoms with van der Waals surface area (Å²) in [6.07, 6.45) is 3.29. The maximum absolute atomic E-state index is 13.3. The van der Waals surface area contributed by atoms with E-state index in [0.717, 1.165) is 10.5 Å². The summed E-state index contributed by atoms with van der Waals surface area (Å²) in [7, 11) is 0. The fourth-order valence-electron chi connectivity index (χ4n) is 1.27. The molecule has 0 amide bonds. The normalized spacial score (nSPS) is 10.6. The molecule has 0 saturated heterocycles. The Labute approximate surface area is 93.7 Å². The number of benzene rings is 1. The molecule has 78 valence electrons. The fourth-order valence-corrected chi connectivity index (χ4v) is 1.60. The second-order valence-corrected chi connectivity index (χ2v) is 3.98. The summed E-state index contributed by atoms with van der Waals surface area (Å²) in [6, 6.07) is 4.11. The first-order valence-corrected chi connectivity index (χ1v) is 5.07. The first-order chi connectivity index (χ1) is 7.16. The zero-order chi connectivity index (χ0) is 10.8. The number of nitrogens with zero attached hydrogens (tertiary/aromatic N) is 2. The van der Waals surface area contributed by atoms with Crippen molar-refractivity contribution < 1.29 is 8.78 Å². The molecule has 0 aliphatic rings. The van der Waals surface area contributed by atoms with Crippen molar-refractivity contribution in [2.75, 3.05) is 0 Å². The summed E-state index contributed by atoms with van der Waals surface area (Å²) in [6.45, 7) is 0.217. The fraction of sp³-hybridized carbons (Fsp3) is 0.100. The minimum absolute atomic E-state index is 0.217. The van der Waals surface area contributed by atoms with Crippen molar-refractivity contribution in [3.8, 4) is 0 Å². The van der Waals surface area contributed by atoms with E-state index < -0.39 is 11.6 Å². The van der Waals surface area contributed by atoms with E-state index in [9.17, 15) is 8.78 Å². The highest BCUT2D eigenvalue weighted by Gasteiger charge is 2.08. The van der Waals surface area contributed by atoms with Crippen LogP contribution in [0.2, 0.25) is 0 Å². The van der Waals surface area contributed by atoms with E-state index in [2.05, 4.69) is 21.0 Å². The van der Waals surface area contributed by atoms with Crippen molar-refractivity contribution in [1.29, 1.82) is 0 Å². The lowest BCUT2D eigenvalue weighted by atomic mass is 10.2. The van der Waals surface area contributed by atoms with Gasteiger partial charge in [0.15, 0.2) is 11.6 Å². The first-order valence-electron chi connectivity index (χ1n) is 4.27. The van der Waals surface area contributed by atoms with Crippen LogP contribution in [-0.2, 0) is 6.54 Å². The highest BCUT2D eigenvalue weighted by molar-refractivity contribution is 9.10. The van der Waals surface area contributed by atoms with Crippen LogP contribution in [0, 0.1) is 11.6 Å². The van der Waals surface area contributed by atoms with Gasteiger partial charge in [0.2, 0.25) is 0 Å². The molecule has 1 aromatic heterocycles. The maximum Gasteiger partial charge on any atom is 0.163 e. The lowest BCUT2D eigenvalue weighted by Gasteiger charge is -2.03. The van der Waals surface area contributed by atoms with Gasteiger partial charge in [-0.25, -0.2) is 8.78 Å². The molecule has 0 N–H and O–H groups in total. The Hall–Kier alpha value is -1.23. The molecule has 0 spiro atoms. The predicted octanol–water partition coefficient (Wildman–Crippen LogP) is 2.97. The lowest BCUT2D eigenvalue weighted by molar-refractivity contribution is 0.492. The van der Waals surface area contributed by atoms with E-state index in [4.69, 9.17) is 0 Å². The minimum atomic E-state index is -0.835. The van der Waals surface area contributed by atoms with Gasteiger partial charge in [-0.15, -0.1) is 0 Å². The SMILES string of the molecule is Fc1cccc(Cn2cc(Br)cn2)c1F. The second kappa shape index (κ2) is 4.10. The van der Waals surface area contributed by atoms with E-state index in [0.29, 0.717) is 0 Å². The van der Waals surface area contributed by atoms with Crippen molar-refractivity contribution in [3.05, 3.63) is 52.3 Å². The van der Waals surface area contributed by atoms with E-state index >= 15 is 0 Å². The standard InChI is InChI=1S/C10H7BrF2N2/c11-8-4-14-15(6-8)5-7-2-1-3-9(12)10(7)13/h1-4,6H,5H2. The highest BCUT2D eigenvalue weighted by Crippen LogP contribution is 2.14. The number of aromatic nitrogens is 2. The quantitative estimate of drug-likeness (QED) is 0.822. The van der Waals surface area contributed by atoms with E-state index in [1.165, 1.54) is 16.8 Å². The molecule has 2 nitrogen and oxygen atoms in total. The molecule has 0 radical (unpaired) electrons. The molecule has 2 aromatic rings. The van der Waals surface area contributed by atoms with Gasteiger partial charge in [-0.1, -0.05) is 12.1 Å². The molecule has 0 bridgehead atoms. The van der Waals surface area contributed by atoms with Gasteiger partial charge in [0.25, 0.3) is 0 Å². The Kier molecular flexibility index (Phi) is 2.81. The third kappa shape index (κ3) is 2.23. The number of hydrogen-bond donors (Lipinski definition) is 0. The first kappa shape index (κ1) is 10.3. The molecule has 0 atom stereocenters. The van der Waals surface area contributed by atoms with Gasteiger partial charge >= 0.3 is 0 Å². The zero-order valence-corrected chi connectivity index (χ0v) is 9.21. The van der Waals surface area contributed by atoms with Crippen LogP contribution in [0.25, 0.3) is 0 Å². The molecule has 0 unspecified atom stereocenters. The summed E-state index contributed by atoms with van der Waals surface area (Å²) in [5.74, 6) is -1.65. The van der Waals surface area contributed by atoms with Gasteiger partial charge in [0.1, 0.15) is 0 Å². The van der Waals surface area contributed by atoms with Crippen LogP contribution in [-0.4, -0.2) is 9.78 Å². The van der Waals surface area contributed by atoms with Crippen molar-refractivity contribution in [2.45, 2.75) is 6.54 Å². The van der Waals surface area contributed by atoms with Crippen LogP contribution >= 0.6 is 15.9 Å². The van der Waals surface area contributed by atoms with E-state index in [-0.39, 0.29) is 12.1 Å². The number of hydrogen-bond acceptors (Lipinski definition) is 1. The van der Waals surface area contributed by atoms with E-state index in [1.807, 2.05) is 0 Å². The van der Waals surface area contributed by atoms with Crippen LogP contribution in [0.5, 0.6) is 0 Å². The summed E-state index contributed by atoms with van der Waals surface area (Å²) < 4.78 is 28.5. The van der Waals surface area contributed by atoms with Crippen LogP contribution in [0.1, 0.15) is 5.56 Å². The number of halogens is 3. The van der Waals surface area contributed by atoms with Crippen LogP contribution in [0.15, 0.2) is 35.1 Å². The Balaban J connectivity index is 2.28. The average molecular weight is 273 g/mol. The Morgan fingerprint density at radius 2 is 2.13 bits per heavy atom. The van der Waals surface area contributed by atoms with Gasteiger partial charge < -0.3 is 0 Å². The molecule has 0 aliphatic heterocycles. The summed E-state index contributed by atoms with van der Waals surface area (Å²) in [5.41, 5.74) is 0.283. The summed E-state index contributed by atoms with van der Waals surface area (Å²) in [5, 5.41) is 3.96. The molecule has 5 heteroatoms. The third-order valence-corrected chi connectivity index (χ3v) is 2.38. The molecule has 15 heavy (non-hydrogen) atoms. The van der Waals surface area contributed by atoms with Crippen molar-refractivity contribution in [2.24, 2.45) is 0 Å². The van der Waals surface area contributed by atoms with Crippen LogP contribution in [0.3, 0.4) is 0 Å². The zero-order valence-electron chi connectivity index (χ0n) is 7.62. The highest BCUT2D eigenvalue weighted by atomic mass is 79.9. The molecule has 1 heterocycles. The van der Waals surface area contributed by atoms with Crippen LogP contribution in [0.4, 0.5) is 8.78 Å². The van der Waals surface area contributed by atoms with Crippen LogP contribution < -0.4 is 0 Å². The molecule has 0 saturated carbocycles. The average Bonchev–Trinajstić information content (AvgIpc) is 2.59. The minimum Gasteiger partial charge on any atom is -0.267 e.